The van der Waals surface area contributed by atoms with Crippen molar-refractivity contribution in [2.75, 3.05) is 0 Å². The smallest absolute Gasteiger partial charge is 0.203 e. The van der Waals surface area contributed by atoms with Crippen LogP contribution in [0, 0.1) is 11.3 Å². The molecule has 104 valence electrons. The van der Waals surface area contributed by atoms with Gasteiger partial charge in [0.25, 0.3) is 0 Å². The Morgan fingerprint density at radius 3 is 2.43 bits per heavy atom. The zero-order valence-corrected chi connectivity index (χ0v) is 11.5. The fraction of sp³-hybridized carbons (Fsp3) is 0. The van der Waals surface area contributed by atoms with Gasteiger partial charge in [-0.3, -0.25) is 4.79 Å². The van der Waals surface area contributed by atoms with E-state index in [1.165, 1.54) is 18.2 Å². The predicted octanol–water partition coefficient (Wildman–Crippen LogP) is 3.54. The van der Waals surface area contributed by atoms with Gasteiger partial charge in [-0.1, -0.05) is 41.9 Å². The number of Topliss-reactive ketones (excluding diaryl/α,β-unsaturated/α-hetero) is 1. The van der Waals surface area contributed by atoms with Crippen molar-refractivity contribution in [3.05, 3.63) is 64.2 Å². The molecule has 0 atom stereocenters. The highest BCUT2D eigenvalue weighted by Crippen LogP contribution is 2.34. The molecule has 0 spiro atoms. The van der Waals surface area contributed by atoms with Crippen molar-refractivity contribution in [2.24, 2.45) is 0 Å². The molecule has 0 bridgehead atoms. The van der Waals surface area contributed by atoms with Crippen LogP contribution < -0.4 is 0 Å². The van der Waals surface area contributed by atoms with Gasteiger partial charge in [-0.15, -0.1) is 0 Å². The van der Waals surface area contributed by atoms with Gasteiger partial charge in [-0.25, -0.2) is 0 Å². The number of carbonyl (C=O) groups excluding carboxylic acids is 1. The number of nitriles is 1. The lowest BCUT2D eigenvalue weighted by molar-refractivity contribution is 0.104. The topological polar surface area (TPSA) is 81.3 Å². The number of nitrogens with zero attached hydrogens (tertiary/aromatic N) is 1. The summed E-state index contributed by atoms with van der Waals surface area (Å²) in [5, 5.41) is 27.9. The second kappa shape index (κ2) is 6.12. The number of phenolic OH excluding ortho intramolecular Hbond substituents is 2. The fourth-order valence-corrected chi connectivity index (χ4v) is 1.97. The summed E-state index contributed by atoms with van der Waals surface area (Å²) in [7, 11) is 0. The van der Waals surface area contributed by atoms with Gasteiger partial charge in [0, 0.05) is 5.56 Å². The first-order chi connectivity index (χ1) is 10.0. The zero-order chi connectivity index (χ0) is 15.4. The van der Waals surface area contributed by atoms with Crippen LogP contribution in [0.25, 0.3) is 6.08 Å². The standard InChI is InChI=1S/C16H10ClNO3/c17-13-7-10(8-14(19)16(13)21)6-12(9-18)15(20)11-4-2-1-3-5-11/h1-8,19,21H/b12-6+. The molecule has 0 saturated heterocycles. The SMILES string of the molecule is N#C/C(=C\c1cc(O)c(O)c(Cl)c1)C(=O)c1ccccc1. The van der Waals surface area contributed by atoms with E-state index in [0.29, 0.717) is 11.1 Å². The number of allylic oxidation sites excluding steroid dienone is 1. The molecule has 0 heterocycles. The van der Waals surface area contributed by atoms with E-state index in [-0.39, 0.29) is 10.6 Å². The number of hydrogen-bond acceptors (Lipinski definition) is 4. The van der Waals surface area contributed by atoms with Gasteiger partial charge in [-0.05, 0) is 23.8 Å². The summed E-state index contributed by atoms with van der Waals surface area (Å²) < 4.78 is 0. The van der Waals surface area contributed by atoms with Crippen LogP contribution in [0.1, 0.15) is 15.9 Å². The third-order valence-corrected chi connectivity index (χ3v) is 3.07. The van der Waals surface area contributed by atoms with Crippen molar-refractivity contribution in [1.29, 1.82) is 5.26 Å². The Morgan fingerprint density at radius 1 is 1.19 bits per heavy atom. The van der Waals surface area contributed by atoms with E-state index >= 15 is 0 Å². The highest BCUT2D eigenvalue weighted by Gasteiger charge is 2.13. The van der Waals surface area contributed by atoms with Crippen LogP contribution in [0.5, 0.6) is 11.5 Å². The molecule has 0 aliphatic heterocycles. The van der Waals surface area contributed by atoms with E-state index in [9.17, 15) is 15.0 Å². The molecule has 0 amide bonds. The van der Waals surface area contributed by atoms with Crippen molar-refractivity contribution >= 4 is 23.5 Å². The minimum atomic E-state index is -0.443. The first-order valence-corrected chi connectivity index (χ1v) is 6.33. The molecule has 0 aromatic heterocycles. The molecule has 0 unspecified atom stereocenters. The summed E-state index contributed by atoms with van der Waals surface area (Å²) in [5.41, 5.74) is 0.637. The van der Waals surface area contributed by atoms with E-state index in [1.807, 2.05) is 6.07 Å². The molecule has 0 aliphatic carbocycles. The first kappa shape index (κ1) is 14.6. The average molecular weight is 300 g/mol. The van der Waals surface area contributed by atoms with E-state index in [2.05, 4.69) is 0 Å². The van der Waals surface area contributed by atoms with Crippen LogP contribution in [0.4, 0.5) is 0 Å². The predicted molar refractivity (Wildman–Crippen MR) is 79.1 cm³/mol. The second-order valence-electron chi connectivity index (χ2n) is 4.24. The van der Waals surface area contributed by atoms with Crippen molar-refractivity contribution in [2.45, 2.75) is 0 Å². The summed E-state index contributed by atoms with van der Waals surface area (Å²) in [6.45, 7) is 0. The van der Waals surface area contributed by atoms with E-state index in [0.717, 1.165) is 0 Å². The van der Waals surface area contributed by atoms with Crippen molar-refractivity contribution < 1.29 is 15.0 Å². The van der Waals surface area contributed by atoms with Crippen molar-refractivity contribution in [3.63, 3.8) is 0 Å². The molecule has 0 aliphatic rings. The Labute approximate surface area is 126 Å². The quantitative estimate of drug-likeness (QED) is 0.393. The minimum Gasteiger partial charge on any atom is -0.504 e. The van der Waals surface area contributed by atoms with Gasteiger partial charge in [-0.2, -0.15) is 5.26 Å². The second-order valence-corrected chi connectivity index (χ2v) is 4.64. The molecule has 4 nitrogen and oxygen atoms in total. The molecular weight excluding hydrogens is 290 g/mol. The van der Waals surface area contributed by atoms with Crippen LogP contribution in [0.2, 0.25) is 5.02 Å². The lowest BCUT2D eigenvalue weighted by atomic mass is 10.0. The summed E-state index contributed by atoms with van der Waals surface area (Å²) in [4.78, 5) is 12.2. The molecule has 5 heteroatoms. The fourth-order valence-electron chi connectivity index (χ4n) is 1.75. The largest absolute Gasteiger partial charge is 0.504 e. The lowest BCUT2D eigenvalue weighted by Crippen LogP contribution is -2.01. The van der Waals surface area contributed by atoms with Crippen molar-refractivity contribution in [1.82, 2.24) is 0 Å². The summed E-state index contributed by atoms with van der Waals surface area (Å²) in [6.07, 6.45) is 1.31. The van der Waals surface area contributed by atoms with E-state index in [4.69, 9.17) is 16.9 Å². The van der Waals surface area contributed by atoms with Gasteiger partial charge in [0.1, 0.15) is 11.6 Å². The van der Waals surface area contributed by atoms with Crippen LogP contribution in [-0.4, -0.2) is 16.0 Å². The maximum atomic E-state index is 12.2. The Morgan fingerprint density at radius 2 is 1.86 bits per heavy atom. The van der Waals surface area contributed by atoms with Gasteiger partial charge in [0.05, 0.1) is 5.02 Å². The van der Waals surface area contributed by atoms with Gasteiger partial charge in [0.2, 0.25) is 5.78 Å². The Kier molecular flexibility index (Phi) is 4.27. The lowest BCUT2D eigenvalue weighted by Gasteiger charge is -2.03. The number of carbonyl (C=O) groups is 1. The summed E-state index contributed by atoms with van der Waals surface area (Å²) >= 11 is 5.74. The normalized spacial score (nSPS) is 11.0. The number of phenols is 2. The Bertz CT molecular complexity index is 738. The molecule has 21 heavy (non-hydrogen) atoms. The first-order valence-electron chi connectivity index (χ1n) is 5.96. The Hall–Kier alpha value is -2.77. The molecule has 2 aromatic carbocycles. The maximum Gasteiger partial charge on any atom is 0.203 e. The van der Waals surface area contributed by atoms with Gasteiger partial charge >= 0.3 is 0 Å². The van der Waals surface area contributed by atoms with Crippen molar-refractivity contribution in [3.8, 4) is 17.6 Å². The molecule has 2 aromatic rings. The summed E-state index contributed by atoms with van der Waals surface area (Å²) in [6, 6.07) is 12.8. The molecule has 2 rings (SSSR count). The molecule has 0 fully saturated rings. The highest BCUT2D eigenvalue weighted by atomic mass is 35.5. The number of rotatable bonds is 3. The monoisotopic (exact) mass is 299 g/mol. The number of benzene rings is 2. The van der Waals surface area contributed by atoms with Crippen LogP contribution in [-0.2, 0) is 0 Å². The van der Waals surface area contributed by atoms with Gasteiger partial charge in [0.15, 0.2) is 11.5 Å². The van der Waals surface area contributed by atoms with Crippen LogP contribution >= 0.6 is 11.6 Å². The number of halogens is 1. The summed E-state index contributed by atoms with van der Waals surface area (Å²) in [5.74, 6) is -1.29. The van der Waals surface area contributed by atoms with Crippen LogP contribution in [0.3, 0.4) is 0 Å². The third-order valence-electron chi connectivity index (χ3n) is 2.78. The molecule has 0 saturated carbocycles. The number of aromatic hydroxyl groups is 2. The highest BCUT2D eigenvalue weighted by molar-refractivity contribution is 6.32. The van der Waals surface area contributed by atoms with E-state index in [1.54, 1.807) is 30.3 Å². The average Bonchev–Trinajstić information content (AvgIpc) is 2.50. The van der Waals surface area contributed by atoms with Gasteiger partial charge < -0.3 is 10.2 Å². The Balaban J connectivity index is 2.43. The molecule has 0 radical (unpaired) electrons. The van der Waals surface area contributed by atoms with E-state index < -0.39 is 17.3 Å². The third kappa shape index (κ3) is 3.22. The number of ketones is 1. The maximum absolute atomic E-state index is 12.2. The number of hydrogen-bond donors (Lipinski definition) is 2. The zero-order valence-electron chi connectivity index (χ0n) is 10.7. The molecular formula is C16H10ClNO3. The molecule has 2 N–H and O–H groups in total. The van der Waals surface area contributed by atoms with Crippen LogP contribution in [0.15, 0.2) is 48.0 Å². The minimum absolute atomic E-state index is 0.0642.